The van der Waals surface area contributed by atoms with Crippen molar-refractivity contribution in [2.75, 3.05) is 0 Å². The van der Waals surface area contributed by atoms with Crippen molar-refractivity contribution < 1.29 is 19.2 Å². The molecule has 0 unspecified atom stereocenters. The number of carbonyl (C=O) groups is 4. The molecule has 0 aliphatic carbocycles. The summed E-state index contributed by atoms with van der Waals surface area (Å²) in [6.45, 7) is 11.2. The first-order valence-corrected chi connectivity index (χ1v) is 4.47. The van der Waals surface area contributed by atoms with Crippen molar-refractivity contribution in [3.63, 3.8) is 0 Å². The lowest BCUT2D eigenvalue weighted by Crippen LogP contribution is -2.01. The summed E-state index contributed by atoms with van der Waals surface area (Å²) in [6.07, 6.45) is 0. The Labute approximate surface area is 120 Å². The highest BCUT2D eigenvalue weighted by Gasteiger charge is 1.62. The average molecular weight is 298 g/mol. The van der Waals surface area contributed by atoms with Crippen molar-refractivity contribution >= 4 is 23.6 Å². The fourth-order valence-electron chi connectivity index (χ4n) is 0. The molecule has 0 spiro atoms. The molecule has 0 aliphatic rings. The van der Waals surface area contributed by atoms with E-state index in [2.05, 4.69) is 36.1 Å². The van der Waals surface area contributed by atoms with Crippen LogP contribution >= 0.6 is 0 Å². The third kappa shape index (κ3) is 543. The zero-order chi connectivity index (χ0) is 16.3. The van der Waals surface area contributed by atoms with Gasteiger partial charge in [-0.2, -0.15) is 0 Å². The molecule has 0 rings (SSSR count). The lowest BCUT2D eigenvalue weighted by molar-refractivity contribution is -0.116. The number of carbonyl (C=O) groups excluding carboxylic acids is 4. The number of hydrogen-bond donors (Lipinski definition) is 6. The molecule has 0 saturated carbocycles. The fraction of sp³-hybridized carbons (Fsp3) is 0.400. The average Bonchev–Trinajstić information content (AvgIpc) is 2.01. The van der Waals surface area contributed by atoms with Crippen LogP contribution in [0.2, 0.25) is 0 Å². The van der Waals surface area contributed by atoms with E-state index in [1.165, 1.54) is 27.7 Å². The molecule has 0 atom stereocenters. The second-order valence-electron chi connectivity index (χ2n) is 2.44. The zero-order valence-electron chi connectivity index (χ0n) is 12.8. The maximum absolute atomic E-state index is 9.22. The predicted octanol–water partition coefficient (Wildman–Crippen LogP) is -0.907. The van der Waals surface area contributed by atoms with Crippen LogP contribution in [0.1, 0.15) is 27.7 Å². The first-order chi connectivity index (χ1) is 7.93. The summed E-state index contributed by atoms with van der Waals surface area (Å²) in [4.78, 5) is 36.9. The molecule has 0 heterocycles. The van der Waals surface area contributed by atoms with Crippen LogP contribution in [0.5, 0.6) is 0 Å². The summed E-state index contributed by atoms with van der Waals surface area (Å²) in [5, 5.41) is 0. The van der Waals surface area contributed by atoms with E-state index >= 15 is 0 Å². The second-order valence-corrected chi connectivity index (χ2v) is 2.44. The molecule has 20 heavy (non-hydrogen) atoms. The molecule has 0 aromatic carbocycles. The van der Waals surface area contributed by atoms with E-state index in [4.69, 9.17) is 0 Å². The molecule has 10 nitrogen and oxygen atoms in total. The van der Waals surface area contributed by atoms with Gasteiger partial charge in [0.25, 0.3) is 0 Å². The predicted molar refractivity (Wildman–Crippen MR) is 80.8 cm³/mol. The van der Waals surface area contributed by atoms with Gasteiger partial charge in [0.1, 0.15) is 0 Å². The van der Waals surface area contributed by atoms with E-state index in [-0.39, 0.29) is 35.9 Å². The molecular formula is C10H30N6O4. The van der Waals surface area contributed by atoms with Crippen LogP contribution in [0.25, 0.3) is 0 Å². The quantitative estimate of drug-likeness (QED) is 0.309. The minimum absolute atomic E-state index is 0. The second kappa shape index (κ2) is 43.9. The Kier molecular flexibility index (Phi) is 94.8. The van der Waals surface area contributed by atoms with Crippen LogP contribution in [0.15, 0.2) is 13.2 Å². The van der Waals surface area contributed by atoms with E-state index in [9.17, 15) is 19.2 Å². The van der Waals surface area contributed by atoms with Gasteiger partial charge in [-0.15, -0.1) is 13.2 Å². The van der Waals surface area contributed by atoms with Gasteiger partial charge in [-0.1, -0.05) is 0 Å². The smallest absolute Gasteiger partial charge is 0.214 e. The Morgan fingerprint density at radius 2 is 0.550 bits per heavy atom. The molecule has 14 N–H and O–H groups in total. The Balaban J connectivity index is -0.0000000209. The highest BCUT2D eigenvalue weighted by atomic mass is 16.2. The van der Waals surface area contributed by atoms with Crippen LogP contribution in [-0.2, 0) is 19.2 Å². The maximum atomic E-state index is 9.22. The van der Waals surface area contributed by atoms with Gasteiger partial charge in [0.15, 0.2) is 0 Å². The summed E-state index contributed by atoms with van der Waals surface area (Å²) < 4.78 is 0. The largest absolute Gasteiger partial charge is 0.370 e. The summed E-state index contributed by atoms with van der Waals surface area (Å²) >= 11 is 0. The summed E-state index contributed by atoms with van der Waals surface area (Å²) in [5.74, 6) is -1.33. The number of rotatable bonds is 0. The number of hydrogen-bond acceptors (Lipinski definition) is 6. The third-order valence-electron chi connectivity index (χ3n) is 0. The molecule has 4 amide bonds. The van der Waals surface area contributed by atoms with Gasteiger partial charge in [0, 0.05) is 27.7 Å². The fourth-order valence-corrected chi connectivity index (χ4v) is 0. The SMILES string of the molecule is C=C.CC(N)=O.CC(N)=O.CC(N)=O.CC(N)=O.N.N. The van der Waals surface area contributed by atoms with Gasteiger partial charge < -0.3 is 35.2 Å². The molecular weight excluding hydrogens is 268 g/mol. The van der Waals surface area contributed by atoms with Crippen LogP contribution in [0.4, 0.5) is 0 Å². The normalized spacial score (nSPS) is 5.20. The van der Waals surface area contributed by atoms with Gasteiger partial charge in [0.05, 0.1) is 0 Å². The molecule has 0 aromatic heterocycles. The number of amides is 4. The van der Waals surface area contributed by atoms with Crippen molar-refractivity contribution in [2.45, 2.75) is 27.7 Å². The summed E-state index contributed by atoms with van der Waals surface area (Å²) in [7, 11) is 0. The van der Waals surface area contributed by atoms with Crippen molar-refractivity contribution in [1.82, 2.24) is 12.3 Å². The maximum Gasteiger partial charge on any atom is 0.214 e. The first kappa shape index (κ1) is 43.2. The Hall–Kier alpha value is -2.46. The summed E-state index contributed by atoms with van der Waals surface area (Å²) in [5.41, 5.74) is 17.9. The third-order valence-corrected chi connectivity index (χ3v) is 0. The lowest BCUT2D eigenvalue weighted by atomic mass is 10.8. The van der Waals surface area contributed by atoms with Crippen molar-refractivity contribution in [2.24, 2.45) is 22.9 Å². The Morgan fingerprint density at radius 1 is 0.550 bits per heavy atom. The Morgan fingerprint density at radius 3 is 0.550 bits per heavy atom. The van der Waals surface area contributed by atoms with E-state index in [0.29, 0.717) is 0 Å². The molecule has 10 heteroatoms. The van der Waals surface area contributed by atoms with E-state index in [1.807, 2.05) is 0 Å². The highest BCUT2D eigenvalue weighted by molar-refractivity contribution is 5.71. The van der Waals surface area contributed by atoms with Crippen molar-refractivity contribution in [1.29, 1.82) is 0 Å². The van der Waals surface area contributed by atoms with Gasteiger partial charge >= 0.3 is 0 Å². The molecule has 0 fully saturated rings. The molecule has 0 radical (unpaired) electrons. The van der Waals surface area contributed by atoms with Gasteiger partial charge in [-0.25, -0.2) is 0 Å². The minimum Gasteiger partial charge on any atom is -0.370 e. The molecule has 0 saturated heterocycles. The molecule has 0 bridgehead atoms. The summed E-state index contributed by atoms with van der Waals surface area (Å²) in [6, 6.07) is 0. The van der Waals surface area contributed by atoms with Crippen LogP contribution < -0.4 is 35.2 Å². The molecule has 0 aromatic rings. The Bertz CT molecular complexity index is 182. The van der Waals surface area contributed by atoms with Crippen molar-refractivity contribution in [3.05, 3.63) is 13.2 Å². The van der Waals surface area contributed by atoms with Gasteiger partial charge in [-0.05, 0) is 0 Å². The monoisotopic (exact) mass is 298 g/mol. The lowest BCUT2D eigenvalue weighted by Gasteiger charge is -1.60. The first-order valence-electron chi connectivity index (χ1n) is 4.47. The van der Waals surface area contributed by atoms with E-state index in [0.717, 1.165) is 0 Å². The number of primary amides is 4. The molecule has 124 valence electrons. The van der Waals surface area contributed by atoms with Gasteiger partial charge in [0.2, 0.25) is 23.6 Å². The van der Waals surface area contributed by atoms with Crippen molar-refractivity contribution in [3.8, 4) is 0 Å². The van der Waals surface area contributed by atoms with Crippen LogP contribution in [0, 0.1) is 0 Å². The van der Waals surface area contributed by atoms with Gasteiger partial charge in [-0.3, -0.25) is 19.2 Å². The topological polar surface area (TPSA) is 242 Å². The standard InChI is InChI=1S/4C2H5NO.C2H4.2H3N/c4*1-2(3)4;1-2;;/h4*1H3,(H2,3,4);1-2H2;2*1H3. The highest BCUT2D eigenvalue weighted by Crippen LogP contribution is 1.34. The zero-order valence-corrected chi connectivity index (χ0v) is 12.8. The minimum atomic E-state index is -0.333. The van der Waals surface area contributed by atoms with Crippen LogP contribution in [-0.4, -0.2) is 23.6 Å². The van der Waals surface area contributed by atoms with E-state index in [1.54, 1.807) is 0 Å². The number of nitrogens with two attached hydrogens (primary N) is 4. The van der Waals surface area contributed by atoms with Crippen LogP contribution in [0.3, 0.4) is 0 Å². The molecule has 0 aliphatic heterocycles. The van der Waals surface area contributed by atoms with E-state index < -0.39 is 0 Å².